The predicted molar refractivity (Wildman–Crippen MR) is 55.1 cm³/mol. The summed E-state index contributed by atoms with van der Waals surface area (Å²) in [7, 11) is 0. The lowest BCUT2D eigenvalue weighted by Crippen LogP contribution is -2.09. The van der Waals surface area contributed by atoms with E-state index in [0.29, 0.717) is 11.9 Å². The standard InChI is InChI=1S/C9H9BrF3NO/c10-3-4-15-6-1-2-8(14)7(5-6)9(11,12)13/h1-2,5H,3-4,14H2. The molecule has 0 aliphatic rings. The Bertz CT molecular complexity index is 341. The maximum atomic E-state index is 12.4. The number of ether oxygens (including phenoxy) is 1. The molecule has 6 heteroatoms. The van der Waals surface area contributed by atoms with Crippen molar-refractivity contribution in [1.82, 2.24) is 0 Å². The van der Waals surface area contributed by atoms with Gasteiger partial charge in [-0.2, -0.15) is 13.2 Å². The number of rotatable bonds is 3. The average molecular weight is 284 g/mol. The molecule has 1 rings (SSSR count). The number of anilines is 1. The zero-order valence-electron chi connectivity index (χ0n) is 7.64. The van der Waals surface area contributed by atoms with Gasteiger partial charge in [-0.1, -0.05) is 15.9 Å². The number of alkyl halides is 4. The Labute approximate surface area is 93.3 Å². The maximum absolute atomic E-state index is 12.4. The second-order valence-corrected chi connectivity index (χ2v) is 3.58. The van der Waals surface area contributed by atoms with Crippen molar-refractivity contribution in [2.45, 2.75) is 6.18 Å². The van der Waals surface area contributed by atoms with Gasteiger partial charge in [0.25, 0.3) is 0 Å². The van der Waals surface area contributed by atoms with Crippen molar-refractivity contribution >= 4 is 21.6 Å². The highest BCUT2D eigenvalue weighted by molar-refractivity contribution is 9.09. The molecule has 0 amide bonds. The number of halogens is 4. The molecular formula is C9H9BrF3NO. The predicted octanol–water partition coefficient (Wildman–Crippen LogP) is 3.06. The summed E-state index contributed by atoms with van der Waals surface area (Å²) >= 11 is 3.11. The number of nitrogen functional groups attached to an aromatic ring is 1. The van der Waals surface area contributed by atoms with E-state index < -0.39 is 11.7 Å². The topological polar surface area (TPSA) is 35.2 Å². The number of hydrogen-bond acceptors (Lipinski definition) is 2. The van der Waals surface area contributed by atoms with E-state index in [2.05, 4.69) is 15.9 Å². The van der Waals surface area contributed by atoms with Gasteiger partial charge in [-0.25, -0.2) is 0 Å². The van der Waals surface area contributed by atoms with Crippen LogP contribution >= 0.6 is 15.9 Å². The molecule has 0 unspecified atom stereocenters. The van der Waals surface area contributed by atoms with E-state index in [0.717, 1.165) is 6.07 Å². The molecule has 0 spiro atoms. The first-order chi connectivity index (χ1) is 6.95. The Morgan fingerprint density at radius 3 is 2.53 bits per heavy atom. The Balaban J connectivity index is 2.95. The molecule has 0 radical (unpaired) electrons. The summed E-state index contributed by atoms with van der Waals surface area (Å²) in [5.41, 5.74) is 4.06. The van der Waals surface area contributed by atoms with Crippen LogP contribution in [0.4, 0.5) is 18.9 Å². The van der Waals surface area contributed by atoms with Crippen molar-refractivity contribution < 1.29 is 17.9 Å². The largest absolute Gasteiger partial charge is 0.493 e. The molecule has 0 fully saturated rings. The van der Waals surface area contributed by atoms with Gasteiger partial charge in [0.2, 0.25) is 0 Å². The van der Waals surface area contributed by atoms with E-state index in [1.807, 2.05) is 0 Å². The van der Waals surface area contributed by atoms with Gasteiger partial charge >= 0.3 is 6.18 Å². The molecule has 84 valence electrons. The smallest absolute Gasteiger partial charge is 0.418 e. The molecule has 2 N–H and O–H groups in total. The van der Waals surface area contributed by atoms with Crippen LogP contribution in [0.1, 0.15) is 5.56 Å². The zero-order chi connectivity index (χ0) is 11.5. The molecule has 0 aliphatic heterocycles. The molecule has 0 aromatic heterocycles. The first kappa shape index (κ1) is 12.2. The average Bonchev–Trinajstić information content (AvgIpc) is 2.15. The summed E-state index contributed by atoms with van der Waals surface area (Å²) < 4.78 is 42.3. The molecule has 0 saturated carbocycles. The molecule has 15 heavy (non-hydrogen) atoms. The number of nitrogens with two attached hydrogens (primary N) is 1. The quantitative estimate of drug-likeness (QED) is 0.684. The first-order valence-electron chi connectivity index (χ1n) is 4.10. The van der Waals surface area contributed by atoms with Crippen LogP contribution in [-0.2, 0) is 6.18 Å². The van der Waals surface area contributed by atoms with Crippen molar-refractivity contribution in [3.05, 3.63) is 23.8 Å². The second kappa shape index (κ2) is 4.74. The fourth-order valence-electron chi connectivity index (χ4n) is 1.03. The maximum Gasteiger partial charge on any atom is 0.418 e. The first-order valence-corrected chi connectivity index (χ1v) is 5.23. The van der Waals surface area contributed by atoms with E-state index in [9.17, 15) is 13.2 Å². The van der Waals surface area contributed by atoms with Gasteiger partial charge in [0.15, 0.2) is 0 Å². The zero-order valence-corrected chi connectivity index (χ0v) is 9.23. The van der Waals surface area contributed by atoms with Crippen molar-refractivity contribution in [3.8, 4) is 5.75 Å². The fraction of sp³-hybridized carbons (Fsp3) is 0.333. The van der Waals surface area contributed by atoms with Crippen LogP contribution in [0.5, 0.6) is 5.75 Å². The Kier molecular flexibility index (Phi) is 3.84. The summed E-state index contributed by atoms with van der Waals surface area (Å²) in [6, 6.07) is 3.50. The monoisotopic (exact) mass is 283 g/mol. The van der Waals surface area contributed by atoms with Gasteiger partial charge in [-0.3, -0.25) is 0 Å². The minimum atomic E-state index is -4.45. The van der Waals surface area contributed by atoms with E-state index in [1.165, 1.54) is 12.1 Å². The van der Waals surface area contributed by atoms with Gasteiger partial charge in [-0.05, 0) is 18.2 Å². The van der Waals surface area contributed by atoms with Crippen LogP contribution < -0.4 is 10.5 Å². The minimum Gasteiger partial charge on any atom is -0.493 e. The van der Waals surface area contributed by atoms with Gasteiger partial charge in [-0.15, -0.1) is 0 Å². The summed E-state index contributed by atoms with van der Waals surface area (Å²) in [6.07, 6.45) is -4.45. The van der Waals surface area contributed by atoms with Gasteiger partial charge in [0, 0.05) is 11.0 Å². The molecule has 0 saturated heterocycles. The highest BCUT2D eigenvalue weighted by atomic mass is 79.9. The third kappa shape index (κ3) is 3.30. The third-order valence-corrected chi connectivity index (χ3v) is 2.00. The summed E-state index contributed by atoms with van der Waals surface area (Å²) in [6.45, 7) is 0.307. The van der Waals surface area contributed by atoms with Crippen molar-refractivity contribution in [1.29, 1.82) is 0 Å². The second-order valence-electron chi connectivity index (χ2n) is 2.78. The van der Waals surface area contributed by atoms with E-state index in [1.54, 1.807) is 0 Å². The van der Waals surface area contributed by atoms with Crippen LogP contribution in [0.25, 0.3) is 0 Å². The van der Waals surface area contributed by atoms with Crippen molar-refractivity contribution in [2.24, 2.45) is 0 Å². The molecule has 0 heterocycles. The highest BCUT2D eigenvalue weighted by Crippen LogP contribution is 2.35. The van der Waals surface area contributed by atoms with E-state index >= 15 is 0 Å². The lowest BCUT2D eigenvalue weighted by molar-refractivity contribution is -0.137. The van der Waals surface area contributed by atoms with Crippen LogP contribution in [0.2, 0.25) is 0 Å². The number of hydrogen-bond donors (Lipinski definition) is 1. The fourth-order valence-corrected chi connectivity index (χ4v) is 1.19. The van der Waals surface area contributed by atoms with Crippen molar-refractivity contribution in [3.63, 3.8) is 0 Å². The summed E-state index contributed by atoms with van der Waals surface area (Å²) in [5.74, 6) is 0.163. The van der Waals surface area contributed by atoms with Crippen LogP contribution in [0, 0.1) is 0 Å². The minimum absolute atomic E-state index is 0.163. The van der Waals surface area contributed by atoms with Gasteiger partial charge in [0.1, 0.15) is 5.75 Å². The van der Waals surface area contributed by atoms with E-state index in [-0.39, 0.29) is 11.4 Å². The number of benzene rings is 1. The normalized spacial score (nSPS) is 11.5. The highest BCUT2D eigenvalue weighted by Gasteiger charge is 2.33. The van der Waals surface area contributed by atoms with Crippen LogP contribution in [0.15, 0.2) is 18.2 Å². The summed E-state index contributed by atoms with van der Waals surface area (Å²) in [4.78, 5) is 0. The summed E-state index contributed by atoms with van der Waals surface area (Å²) in [5, 5.41) is 0.554. The van der Waals surface area contributed by atoms with Crippen LogP contribution in [0.3, 0.4) is 0 Å². The Morgan fingerprint density at radius 1 is 1.33 bits per heavy atom. The SMILES string of the molecule is Nc1ccc(OCCBr)cc1C(F)(F)F. The molecule has 1 aromatic rings. The van der Waals surface area contributed by atoms with Gasteiger partial charge < -0.3 is 10.5 Å². The molecular weight excluding hydrogens is 275 g/mol. The lowest BCUT2D eigenvalue weighted by Gasteiger charge is -2.12. The van der Waals surface area contributed by atoms with E-state index in [4.69, 9.17) is 10.5 Å². The third-order valence-electron chi connectivity index (χ3n) is 1.68. The molecule has 0 bridgehead atoms. The lowest BCUT2D eigenvalue weighted by atomic mass is 10.1. The Morgan fingerprint density at radius 2 is 2.00 bits per heavy atom. The molecule has 1 aromatic carbocycles. The van der Waals surface area contributed by atoms with Crippen molar-refractivity contribution in [2.75, 3.05) is 17.7 Å². The Hall–Kier alpha value is -0.910. The van der Waals surface area contributed by atoms with Crippen LogP contribution in [-0.4, -0.2) is 11.9 Å². The molecule has 2 nitrogen and oxygen atoms in total. The van der Waals surface area contributed by atoms with Gasteiger partial charge in [0.05, 0.1) is 12.2 Å². The molecule has 0 aliphatic carbocycles. The molecule has 0 atom stereocenters.